The van der Waals surface area contributed by atoms with E-state index in [1.54, 1.807) is 28.5 Å². The third-order valence-corrected chi connectivity index (χ3v) is 1.95. The van der Waals surface area contributed by atoms with Crippen molar-refractivity contribution in [2.45, 2.75) is 0 Å². The van der Waals surface area contributed by atoms with Crippen LogP contribution in [0.4, 0.5) is 11.5 Å². The van der Waals surface area contributed by atoms with Crippen molar-refractivity contribution in [3.8, 4) is 0 Å². The predicted molar refractivity (Wildman–Crippen MR) is 76.4 cm³/mol. The normalized spacial score (nSPS) is 11.2. The second kappa shape index (κ2) is 6.48. The Hall–Kier alpha value is -2.44. The number of carbonyl (C=O) groups is 1. The molecular weight excluding hydrogens is 244 g/mol. The average Bonchev–Trinajstić information content (AvgIpc) is 2.33. The number of amides is 1. The van der Waals surface area contributed by atoms with Gasteiger partial charge in [0.2, 0.25) is 0 Å². The van der Waals surface area contributed by atoms with Crippen LogP contribution in [-0.4, -0.2) is 61.6 Å². The van der Waals surface area contributed by atoms with Crippen LogP contribution >= 0.6 is 0 Å². The molecule has 0 radical (unpaired) electrons. The minimum Gasteiger partial charge on any atom is -0.369 e. The van der Waals surface area contributed by atoms with Crippen molar-refractivity contribution in [3.63, 3.8) is 0 Å². The first kappa shape index (κ1) is 14.6. The van der Waals surface area contributed by atoms with E-state index in [0.29, 0.717) is 11.5 Å². The van der Waals surface area contributed by atoms with Crippen molar-refractivity contribution in [2.24, 2.45) is 15.7 Å². The lowest BCUT2D eigenvalue weighted by Gasteiger charge is -2.06. The number of hydrogen-bond donors (Lipinski definition) is 1. The molecule has 0 saturated heterocycles. The Labute approximate surface area is 112 Å². The fourth-order valence-corrected chi connectivity index (χ4v) is 1.12. The summed E-state index contributed by atoms with van der Waals surface area (Å²) in [4.78, 5) is 27.2. The van der Waals surface area contributed by atoms with Crippen molar-refractivity contribution in [1.82, 2.24) is 14.8 Å². The molecule has 1 rings (SSSR count). The first-order valence-electron chi connectivity index (χ1n) is 5.62. The van der Waals surface area contributed by atoms with E-state index in [1.807, 2.05) is 28.2 Å². The largest absolute Gasteiger partial charge is 0.369 e. The van der Waals surface area contributed by atoms with Gasteiger partial charge in [-0.25, -0.2) is 15.0 Å². The van der Waals surface area contributed by atoms with Gasteiger partial charge in [-0.2, -0.15) is 0 Å². The molecule has 1 amide bonds. The third kappa shape index (κ3) is 4.74. The van der Waals surface area contributed by atoms with Crippen molar-refractivity contribution in [3.05, 3.63) is 17.8 Å². The van der Waals surface area contributed by atoms with Gasteiger partial charge < -0.3 is 15.5 Å². The van der Waals surface area contributed by atoms with Crippen LogP contribution < -0.4 is 5.73 Å². The van der Waals surface area contributed by atoms with Gasteiger partial charge in [0.25, 0.3) is 5.91 Å². The average molecular weight is 262 g/mol. The second-order valence-electron chi connectivity index (χ2n) is 4.32. The van der Waals surface area contributed by atoms with Crippen LogP contribution in [-0.2, 0) is 0 Å². The minimum atomic E-state index is -0.593. The summed E-state index contributed by atoms with van der Waals surface area (Å²) in [6.45, 7) is 0. The Bertz CT molecular complexity index is 507. The van der Waals surface area contributed by atoms with Gasteiger partial charge in [-0.05, 0) is 12.1 Å². The highest BCUT2D eigenvalue weighted by Crippen LogP contribution is 2.25. The number of nitrogens with zero attached hydrogens (tertiary/aromatic N) is 5. The minimum absolute atomic E-state index is 0.162. The number of primary amides is 1. The molecule has 0 aliphatic heterocycles. The number of hydrogen-bond acceptors (Lipinski definition) is 4. The van der Waals surface area contributed by atoms with Crippen LogP contribution in [0, 0.1) is 0 Å². The zero-order valence-electron chi connectivity index (χ0n) is 11.5. The molecule has 2 N–H and O–H groups in total. The molecule has 0 aliphatic rings. The molecule has 0 fully saturated rings. The van der Waals surface area contributed by atoms with E-state index in [1.165, 1.54) is 6.07 Å². The molecule has 0 saturated carbocycles. The molecule has 0 aliphatic carbocycles. The van der Waals surface area contributed by atoms with Crippen LogP contribution in [0.15, 0.2) is 22.1 Å². The van der Waals surface area contributed by atoms with Gasteiger partial charge in [0.1, 0.15) is 11.4 Å². The summed E-state index contributed by atoms with van der Waals surface area (Å²) in [6.07, 6.45) is 3.22. The van der Waals surface area contributed by atoms with Gasteiger partial charge in [-0.3, -0.25) is 4.79 Å². The lowest BCUT2D eigenvalue weighted by atomic mass is 10.3. The van der Waals surface area contributed by atoms with Crippen molar-refractivity contribution < 1.29 is 4.79 Å². The van der Waals surface area contributed by atoms with Crippen LogP contribution in [0.2, 0.25) is 0 Å². The molecular formula is C12H18N6O. The molecule has 7 nitrogen and oxygen atoms in total. The van der Waals surface area contributed by atoms with Crippen LogP contribution in [0.25, 0.3) is 0 Å². The molecule has 0 aromatic carbocycles. The Morgan fingerprint density at radius 1 is 1.16 bits per heavy atom. The maximum atomic E-state index is 11.1. The van der Waals surface area contributed by atoms with Crippen LogP contribution in [0.3, 0.4) is 0 Å². The summed E-state index contributed by atoms with van der Waals surface area (Å²) >= 11 is 0. The summed E-state index contributed by atoms with van der Waals surface area (Å²) in [5, 5.41) is 0. The maximum absolute atomic E-state index is 11.1. The molecule has 0 bridgehead atoms. The fourth-order valence-electron chi connectivity index (χ4n) is 1.12. The summed E-state index contributed by atoms with van der Waals surface area (Å²) in [5.41, 5.74) is 5.93. The number of nitrogens with two attached hydrogens (primary N) is 1. The van der Waals surface area contributed by atoms with E-state index in [2.05, 4.69) is 15.0 Å². The van der Waals surface area contributed by atoms with Gasteiger partial charge in [-0.15, -0.1) is 0 Å². The quantitative estimate of drug-likeness (QED) is 0.622. The van der Waals surface area contributed by atoms with Gasteiger partial charge in [0.05, 0.1) is 12.7 Å². The summed E-state index contributed by atoms with van der Waals surface area (Å²) in [5.74, 6) is -0.243. The molecule has 1 heterocycles. The lowest BCUT2D eigenvalue weighted by molar-refractivity contribution is 0.0995. The summed E-state index contributed by atoms with van der Waals surface area (Å²) < 4.78 is 0. The number of aliphatic imine (C=N–C) groups is 2. The van der Waals surface area contributed by atoms with Crippen molar-refractivity contribution in [1.29, 1.82) is 0 Å². The highest BCUT2D eigenvalue weighted by molar-refractivity contribution is 5.92. The number of rotatable bonds is 5. The Balaban J connectivity index is 3.18. The second-order valence-corrected chi connectivity index (χ2v) is 4.32. The van der Waals surface area contributed by atoms with E-state index in [4.69, 9.17) is 5.73 Å². The SMILES string of the molecule is CN(C)C=Nc1ccc(C(N)=O)nc1N=CN(C)C. The molecule has 0 spiro atoms. The van der Waals surface area contributed by atoms with Gasteiger partial charge in [-0.1, -0.05) is 0 Å². The standard InChI is InChI=1S/C12H18N6O/c1-17(2)7-14-10-6-5-9(11(13)19)16-12(10)15-8-18(3)4/h5-8H,1-4H3,(H2,13,19). The zero-order valence-corrected chi connectivity index (χ0v) is 11.5. The van der Waals surface area contributed by atoms with Crippen molar-refractivity contribution >= 4 is 30.1 Å². The first-order chi connectivity index (χ1) is 8.90. The fraction of sp³-hybridized carbons (Fsp3) is 0.333. The van der Waals surface area contributed by atoms with E-state index in [0.717, 1.165) is 0 Å². The number of pyridine rings is 1. The highest BCUT2D eigenvalue weighted by Gasteiger charge is 2.07. The summed E-state index contributed by atoms with van der Waals surface area (Å²) in [6, 6.07) is 3.19. The Kier molecular flexibility index (Phi) is 4.99. The van der Waals surface area contributed by atoms with E-state index in [9.17, 15) is 4.79 Å². The molecule has 19 heavy (non-hydrogen) atoms. The maximum Gasteiger partial charge on any atom is 0.267 e. The van der Waals surface area contributed by atoms with E-state index < -0.39 is 5.91 Å². The zero-order chi connectivity index (χ0) is 14.4. The predicted octanol–water partition coefficient (Wildman–Crippen LogP) is 0.623. The first-order valence-corrected chi connectivity index (χ1v) is 5.62. The molecule has 102 valence electrons. The molecule has 0 atom stereocenters. The van der Waals surface area contributed by atoms with E-state index in [-0.39, 0.29) is 5.69 Å². The molecule has 0 unspecified atom stereocenters. The molecule has 1 aromatic rings. The topological polar surface area (TPSA) is 87.2 Å². The molecule has 7 heteroatoms. The molecule has 1 aromatic heterocycles. The van der Waals surface area contributed by atoms with Gasteiger partial charge >= 0.3 is 0 Å². The van der Waals surface area contributed by atoms with Crippen molar-refractivity contribution in [2.75, 3.05) is 28.2 Å². The van der Waals surface area contributed by atoms with Gasteiger partial charge in [0, 0.05) is 28.2 Å². The van der Waals surface area contributed by atoms with Crippen LogP contribution in [0.5, 0.6) is 0 Å². The highest BCUT2D eigenvalue weighted by atomic mass is 16.1. The summed E-state index contributed by atoms with van der Waals surface area (Å²) in [7, 11) is 7.39. The third-order valence-electron chi connectivity index (χ3n) is 1.95. The smallest absolute Gasteiger partial charge is 0.267 e. The van der Waals surface area contributed by atoms with Crippen LogP contribution in [0.1, 0.15) is 10.5 Å². The Morgan fingerprint density at radius 3 is 2.26 bits per heavy atom. The Morgan fingerprint density at radius 2 is 1.74 bits per heavy atom. The van der Waals surface area contributed by atoms with E-state index >= 15 is 0 Å². The monoisotopic (exact) mass is 262 g/mol. The lowest BCUT2D eigenvalue weighted by Crippen LogP contribution is -2.13. The number of aromatic nitrogens is 1. The van der Waals surface area contributed by atoms with Gasteiger partial charge in [0.15, 0.2) is 5.82 Å². The number of carbonyl (C=O) groups excluding carboxylic acids is 1.